The van der Waals surface area contributed by atoms with Gasteiger partial charge in [0, 0.05) is 25.4 Å². The maximum atomic E-state index is 5.80. The van der Waals surface area contributed by atoms with Crippen LogP contribution in [0, 0.1) is 0 Å². The minimum atomic E-state index is -0.115. The second-order valence-electron chi connectivity index (χ2n) is 5.39. The van der Waals surface area contributed by atoms with Gasteiger partial charge in [-0.1, -0.05) is 6.07 Å². The summed E-state index contributed by atoms with van der Waals surface area (Å²) < 4.78 is 5.42. The third-order valence-electron chi connectivity index (χ3n) is 3.57. The molecule has 3 N–H and O–H groups in total. The maximum absolute atomic E-state index is 5.80. The van der Waals surface area contributed by atoms with Crippen LogP contribution in [0.5, 0.6) is 0 Å². The van der Waals surface area contributed by atoms with E-state index in [0.29, 0.717) is 6.04 Å². The smallest absolute Gasteiger partial charge is 0.0746 e. The lowest BCUT2D eigenvalue weighted by Crippen LogP contribution is -2.38. The molecule has 0 bridgehead atoms. The number of benzene rings is 1. The summed E-state index contributed by atoms with van der Waals surface area (Å²) in [6, 6.07) is 6.67. The molecule has 17 heavy (non-hydrogen) atoms. The van der Waals surface area contributed by atoms with E-state index in [1.54, 1.807) is 7.11 Å². The van der Waals surface area contributed by atoms with Crippen molar-refractivity contribution in [3.8, 4) is 0 Å². The van der Waals surface area contributed by atoms with Crippen molar-refractivity contribution in [1.82, 2.24) is 5.32 Å². The number of nitrogens with two attached hydrogens (primary N) is 1. The summed E-state index contributed by atoms with van der Waals surface area (Å²) in [4.78, 5) is 0. The van der Waals surface area contributed by atoms with Gasteiger partial charge >= 0.3 is 0 Å². The largest absolute Gasteiger partial charge is 0.399 e. The van der Waals surface area contributed by atoms with Crippen molar-refractivity contribution in [3.05, 3.63) is 29.3 Å². The van der Waals surface area contributed by atoms with E-state index in [1.165, 1.54) is 11.1 Å². The van der Waals surface area contributed by atoms with Crippen molar-refractivity contribution in [1.29, 1.82) is 0 Å². The van der Waals surface area contributed by atoms with Crippen molar-refractivity contribution >= 4 is 5.69 Å². The van der Waals surface area contributed by atoms with Crippen molar-refractivity contribution in [2.45, 2.75) is 38.3 Å². The summed E-state index contributed by atoms with van der Waals surface area (Å²) in [5, 5.41) is 3.58. The SMILES string of the molecule is COC(C)(C)CNC1CCc2cc(N)ccc21. The van der Waals surface area contributed by atoms with E-state index in [2.05, 4.69) is 31.3 Å². The first-order valence-corrected chi connectivity index (χ1v) is 6.19. The Balaban J connectivity index is 2.03. The van der Waals surface area contributed by atoms with Crippen molar-refractivity contribution in [2.75, 3.05) is 19.4 Å². The molecule has 0 aliphatic heterocycles. The lowest BCUT2D eigenvalue weighted by Gasteiger charge is -2.26. The highest BCUT2D eigenvalue weighted by Crippen LogP contribution is 2.32. The van der Waals surface area contributed by atoms with Crippen LogP contribution in [0.25, 0.3) is 0 Å². The minimum Gasteiger partial charge on any atom is -0.399 e. The molecule has 0 heterocycles. The molecule has 0 spiro atoms. The molecule has 0 saturated carbocycles. The zero-order valence-corrected chi connectivity index (χ0v) is 10.9. The average molecular weight is 234 g/mol. The van der Waals surface area contributed by atoms with Crippen LogP contribution in [0.1, 0.15) is 37.4 Å². The molecule has 1 atom stereocenters. The van der Waals surface area contributed by atoms with Crippen LogP contribution in [0.2, 0.25) is 0 Å². The van der Waals surface area contributed by atoms with Crippen molar-refractivity contribution in [2.24, 2.45) is 0 Å². The van der Waals surface area contributed by atoms with Gasteiger partial charge in [0.1, 0.15) is 0 Å². The summed E-state index contributed by atoms with van der Waals surface area (Å²) in [5.41, 5.74) is 9.33. The molecule has 2 rings (SSSR count). The summed E-state index contributed by atoms with van der Waals surface area (Å²) in [6.07, 6.45) is 2.27. The monoisotopic (exact) mass is 234 g/mol. The van der Waals surface area contributed by atoms with Crippen LogP contribution in [0.15, 0.2) is 18.2 Å². The van der Waals surface area contributed by atoms with Gasteiger partial charge in [-0.05, 0) is 49.9 Å². The fourth-order valence-electron chi connectivity index (χ4n) is 2.29. The first kappa shape index (κ1) is 12.4. The molecular weight excluding hydrogens is 212 g/mol. The van der Waals surface area contributed by atoms with Gasteiger partial charge in [0.05, 0.1) is 5.60 Å². The highest BCUT2D eigenvalue weighted by Gasteiger charge is 2.24. The molecule has 0 radical (unpaired) electrons. The Labute approximate surface area is 103 Å². The standard InChI is InChI=1S/C14H22N2O/c1-14(2,17-3)9-16-13-7-4-10-8-11(15)5-6-12(10)13/h5-6,8,13,16H,4,7,9,15H2,1-3H3. The topological polar surface area (TPSA) is 47.3 Å². The number of nitrogen functional groups attached to an aromatic ring is 1. The van der Waals surface area contributed by atoms with Crippen molar-refractivity contribution in [3.63, 3.8) is 0 Å². The molecule has 0 fully saturated rings. The second-order valence-corrected chi connectivity index (χ2v) is 5.39. The number of aryl methyl sites for hydroxylation is 1. The molecule has 0 saturated heterocycles. The van der Waals surface area contributed by atoms with E-state index >= 15 is 0 Å². The summed E-state index contributed by atoms with van der Waals surface area (Å²) in [6.45, 7) is 5.05. The van der Waals surface area contributed by atoms with Crippen LogP contribution in [0.4, 0.5) is 5.69 Å². The zero-order chi connectivity index (χ0) is 12.5. The van der Waals surface area contributed by atoms with Gasteiger partial charge in [0.2, 0.25) is 0 Å². The third kappa shape index (κ3) is 2.79. The quantitative estimate of drug-likeness (QED) is 0.786. The molecule has 3 heteroatoms. The summed E-state index contributed by atoms with van der Waals surface area (Å²) in [5.74, 6) is 0. The van der Waals surface area contributed by atoms with Gasteiger partial charge in [0.25, 0.3) is 0 Å². The average Bonchev–Trinajstić information content (AvgIpc) is 2.69. The molecule has 94 valence electrons. The molecule has 0 amide bonds. The van der Waals surface area contributed by atoms with Crippen LogP contribution in [-0.2, 0) is 11.2 Å². The third-order valence-corrected chi connectivity index (χ3v) is 3.57. The van der Waals surface area contributed by atoms with Crippen LogP contribution >= 0.6 is 0 Å². The molecule has 1 aromatic rings. The predicted molar refractivity (Wildman–Crippen MR) is 71.0 cm³/mol. The Morgan fingerprint density at radius 1 is 1.47 bits per heavy atom. The van der Waals surface area contributed by atoms with Gasteiger partial charge in [-0.15, -0.1) is 0 Å². The van der Waals surface area contributed by atoms with Crippen LogP contribution in [-0.4, -0.2) is 19.3 Å². The number of rotatable bonds is 4. The molecule has 1 aromatic carbocycles. The van der Waals surface area contributed by atoms with Crippen LogP contribution < -0.4 is 11.1 Å². The van der Waals surface area contributed by atoms with E-state index in [1.807, 2.05) is 6.07 Å². The summed E-state index contributed by atoms with van der Waals surface area (Å²) >= 11 is 0. The van der Waals surface area contributed by atoms with Gasteiger partial charge in [-0.3, -0.25) is 0 Å². The summed E-state index contributed by atoms with van der Waals surface area (Å²) in [7, 11) is 1.75. The van der Waals surface area contributed by atoms with Crippen molar-refractivity contribution < 1.29 is 4.74 Å². The van der Waals surface area contributed by atoms with E-state index in [9.17, 15) is 0 Å². The predicted octanol–water partition coefficient (Wildman–Crippen LogP) is 2.27. The number of nitrogens with one attached hydrogen (secondary N) is 1. The molecule has 3 nitrogen and oxygen atoms in total. The highest BCUT2D eigenvalue weighted by atomic mass is 16.5. The van der Waals surface area contributed by atoms with Gasteiger partial charge < -0.3 is 15.8 Å². The minimum absolute atomic E-state index is 0.115. The fraction of sp³-hybridized carbons (Fsp3) is 0.571. The van der Waals surface area contributed by atoms with E-state index in [4.69, 9.17) is 10.5 Å². The van der Waals surface area contributed by atoms with E-state index in [-0.39, 0.29) is 5.60 Å². The Morgan fingerprint density at radius 2 is 2.24 bits per heavy atom. The lowest BCUT2D eigenvalue weighted by molar-refractivity contribution is 0.0210. The zero-order valence-electron chi connectivity index (χ0n) is 10.9. The molecule has 1 unspecified atom stereocenters. The molecular formula is C14H22N2O. The number of hydrogen-bond acceptors (Lipinski definition) is 3. The number of hydrogen-bond donors (Lipinski definition) is 2. The first-order chi connectivity index (χ1) is 8.02. The first-order valence-electron chi connectivity index (χ1n) is 6.19. The Kier molecular flexibility index (Phi) is 3.40. The highest BCUT2D eigenvalue weighted by molar-refractivity contribution is 5.47. The molecule has 0 aromatic heterocycles. The number of methoxy groups -OCH3 is 1. The Bertz CT molecular complexity index is 401. The molecule has 1 aliphatic rings. The number of ether oxygens (including phenoxy) is 1. The second kappa shape index (κ2) is 4.67. The molecule has 1 aliphatic carbocycles. The maximum Gasteiger partial charge on any atom is 0.0746 e. The Hall–Kier alpha value is -1.06. The fourth-order valence-corrected chi connectivity index (χ4v) is 2.29. The van der Waals surface area contributed by atoms with E-state index in [0.717, 1.165) is 25.1 Å². The van der Waals surface area contributed by atoms with Gasteiger partial charge in [-0.25, -0.2) is 0 Å². The van der Waals surface area contributed by atoms with Gasteiger partial charge in [0.15, 0.2) is 0 Å². The Morgan fingerprint density at radius 3 is 2.94 bits per heavy atom. The van der Waals surface area contributed by atoms with Gasteiger partial charge in [-0.2, -0.15) is 0 Å². The van der Waals surface area contributed by atoms with E-state index < -0.39 is 0 Å². The number of fused-ring (bicyclic) bond motifs is 1. The lowest BCUT2D eigenvalue weighted by atomic mass is 10.1. The van der Waals surface area contributed by atoms with Crippen LogP contribution in [0.3, 0.4) is 0 Å². The normalized spacial score (nSPS) is 19.4. The number of anilines is 1.